The van der Waals surface area contributed by atoms with Crippen molar-refractivity contribution in [3.63, 3.8) is 0 Å². The molecule has 1 aliphatic carbocycles. The molecule has 1 fully saturated rings. The van der Waals surface area contributed by atoms with Crippen LogP contribution in [0.25, 0.3) is 0 Å². The van der Waals surface area contributed by atoms with E-state index in [9.17, 15) is 10.5 Å². The topological polar surface area (TPSA) is 123 Å². The molecule has 1 aromatic rings. The van der Waals surface area contributed by atoms with E-state index in [-0.39, 0.29) is 12.6 Å². The Kier molecular flexibility index (Phi) is 2.70. The Hall–Kier alpha value is -2.81. The lowest BCUT2D eigenvalue weighted by atomic mass is 9.93. The number of amidine groups is 1. The van der Waals surface area contributed by atoms with Gasteiger partial charge in [0, 0.05) is 20.1 Å². The van der Waals surface area contributed by atoms with Crippen LogP contribution in [0.1, 0.15) is 11.5 Å². The van der Waals surface area contributed by atoms with E-state index < -0.39 is 22.7 Å². The van der Waals surface area contributed by atoms with Gasteiger partial charge in [0.2, 0.25) is 6.79 Å². The molecule has 0 amide bonds. The maximum absolute atomic E-state index is 9.96. The van der Waals surface area contributed by atoms with Crippen LogP contribution in [-0.2, 0) is 9.47 Å². The van der Waals surface area contributed by atoms with Gasteiger partial charge in [-0.3, -0.25) is 0 Å². The molecule has 1 saturated carbocycles. The zero-order valence-electron chi connectivity index (χ0n) is 13.1. The van der Waals surface area contributed by atoms with Crippen LogP contribution < -0.4 is 15.2 Å². The second-order valence-corrected chi connectivity index (χ2v) is 5.87. The van der Waals surface area contributed by atoms with Crippen molar-refractivity contribution in [3.8, 4) is 23.6 Å². The second-order valence-electron chi connectivity index (χ2n) is 5.87. The molecule has 2 aliphatic heterocycles. The minimum Gasteiger partial charge on any atom is -0.454 e. The summed E-state index contributed by atoms with van der Waals surface area (Å²) < 4.78 is 21.5. The molecule has 122 valence electrons. The molecule has 0 radical (unpaired) electrons. The molecule has 0 bridgehead atoms. The first kappa shape index (κ1) is 14.8. The van der Waals surface area contributed by atoms with Crippen LogP contribution >= 0.6 is 0 Å². The summed E-state index contributed by atoms with van der Waals surface area (Å²) in [6.45, 7) is 0.139. The molecule has 1 aromatic carbocycles. The lowest BCUT2D eigenvalue weighted by Crippen LogP contribution is -2.41. The van der Waals surface area contributed by atoms with Gasteiger partial charge in [0.1, 0.15) is 11.3 Å². The molecule has 3 atom stereocenters. The van der Waals surface area contributed by atoms with E-state index in [1.165, 1.54) is 14.2 Å². The fourth-order valence-electron chi connectivity index (χ4n) is 4.11. The van der Waals surface area contributed by atoms with Crippen LogP contribution in [0, 0.1) is 33.5 Å². The van der Waals surface area contributed by atoms with Crippen molar-refractivity contribution in [2.45, 2.75) is 11.8 Å². The minimum absolute atomic E-state index is 0.0397. The predicted octanol–water partition coefficient (Wildman–Crippen LogP) is 0.850. The van der Waals surface area contributed by atoms with Crippen LogP contribution in [0.3, 0.4) is 0 Å². The summed E-state index contributed by atoms with van der Waals surface area (Å²) in [5.41, 5.74) is 4.11. The van der Waals surface area contributed by atoms with E-state index in [1.54, 1.807) is 18.2 Å². The van der Waals surface area contributed by atoms with Gasteiger partial charge in [-0.15, -0.1) is 0 Å². The first-order valence-corrected chi connectivity index (χ1v) is 7.25. The Bertz CT molecular complexity index is 851. The highest BCUT2D eigenvalue weighted by Crippen LogP contribution is 2.82. The summed E-state index contributed by atoms with van der Waals surface area (Å²) in [4.78, 5) is 4.17. The Labute approximate surface area is 138 Å². The minimum atomic E-state index is -1.62. The van der Waals surface area contributed by atoms with E-state index in [0.29, 0.717) is 11.5 Å². The van der Waals surface area contributed by atoms with Crippen molar-refractivity contribution in [3.05, 3.63) is 23.8 Å². The second kappa shape index (κ2) is 4.38. The van der Waals surface area contributed by atoms with Crippen LogP contribution in [0.2, 0.25) is 0 Å². The summed E-state index contributed by atoms with van der Waals surface area (Å²) in [5.74, 6) is -0.949. The monoisotopic (exact) mass is 326 g/mol. The first-order chi connectivity index (χ1) is 11.6. The number of hydrogen-bond donors (Lipinski definition) is 1. The van der Waals surface area contributed by atoms with Gasteiger partial charge in [-0.2, -0.15) is 10.5 Å². The lowest BCUT2D eigenvalue weighted by molar-refractivity contribution is -0.230. The zero-order valence-corrected chi connectivity index (χ0v) is 13.1. The number of benzene rings is 1. The third kappa shape index (κ3) is 1.25. The predicted molar refractivity (Wildman–Crippen MR) is 79.8 cm³/mol. The van der Waals surface area contributed by atoms with E-state index in [1.807, 2.05) is 0 Å². The van der Waals surface area contributed by atoms with Crippen molar-refractivity contribution in [1.82, 2.24) is 0 Å². The number of methoxy groups -OCH3 is 2. The summed E-state index contributed by atoms with van der Waals surface area (Å²) in [6, 6.07) is 9.68. The SMILES string of the molecule is COC1(OC)N=C(N)[C@@]2(C#N)[C@H](c3ccc4c(c3)OCO4)[C@@]12C#N. The van der Waals surface area contributed by atoms with Gasteiger partial charge >= 0.3 is 0 Å². The van der Waals surface area contributed by atoms with Gasteiger partial charge in [0.25, 0.3) is 5.91 Å². The molecule has 0 spiro atoms. The number of hydrogen-bond acceptors (Lipinski definition) is 8. The Morgan fingerprint density at radius 2 is 1.92 bits per heavy atom. The maximum atomic E-state index is 9.96. The van der Waals surface area contributed by atoms with Crippen molar-refractivity contribution < 1.29 is 18.9 Å². The first-order valence-electron chi connectivity index (χ1n) is 7.25. The van der Waals surface area contributed by atoms with Gasteiger partial charge in [0.15, 0.2) is 16.9 Å². The van der Waals surface area contributed by atoms with Crippen LogP contribution in [0.5, 0.6) is 11.5 Å². The Morgan fingerprint density at radius 3 is 2.54 bits per heavy atom. The molecule has 0 saturated heterocycles. The third-order valence-electron chi connectivity index (χ3n) is 5.21. The largest absolute Gasteiger partial charge is 0.454 e. The zero-order chi connectivity index (χ0) is 17.2. The number of fused-ring (bicyclic) bond motifs is 2. The van der Waals surface area contributed by atoms with Crippen LogP contribution in [-0.4, -0.2) is 32.8 Å². The van der Waals surface area contributed by atoms with E-state index >= 15 is 0 Å². The number of nitrogens with zero attached hydrogens (tertiary/aromatic N) is 3. The quantitative estimate of drug-likeness (QED) is 0.817. The fraction of sp³-hybridized carbons (Fsp3) is 0.438. The average molecular weight is 326 g/mol. The summed E-state index contributed by atoms with van der Waals surface area (Å²) in [7, 11) is 2.75. The molecule has 8 nitrogen and oxygen atoms in total. The van der Waals surface area contributed by atoms with Crippen molar-refractivity contribution in [2.24, 2.45) is 21.6 Å². The molecular weight excluding hydrogens is 312 g/mol. The van der Waals surface area contributed by atoms with Crippen molar-refractivity contribution in [1.29, 1.82) is 10.5 Å². The van der Waals surface area contributed by atoms with Crippen LogP contribution in [0.15, 0.2) is 23.2 Å². The number of ether oxygens (including phenoxy) is 4. The van der Waals surface area contributed by atoms with E-state index in [2.05, 4.69) is 17.1 Å². The molecule has 2 N–H and O–H groups in total. The average Bonchev–Trinajstić information content (AvgIpc) is 2.87. The number of rotatable bonds is 3. The molecule has 0 unspecified atom stereocenters. The highest BCUT2D eigenvalue weighted by atomic mass is 16.7. The van der Waals surface area contributed by atoms with Gasteiger partial charge in [-0.25, -0.2) is 4.99 Å². The van der Waals surface area contributed by atoms with E-state index in [4.69, 9.17) is 24.7 Å². The van der Waals surface area contributed by atoms with Crippen LogP contribution in [0.4, 0.5) is 0 Å². The third-order valence-corrected chi connectivity index (χ3v) is 5.21. The lowest BCUT2D eigenvalue weighted by Gasteiger charge is -2.29. The molecule has 3 aliphatic rings. The highest BCUT2D eigenvalue weighted by molar-refractivity contribution is 6.00. The Morgan fingerprint density at radius 1 is 1.21 bits per heavy atom. The molecule has 24 heavy (non-hydrogen) atoms. The maximum Gasteiger partial charge on any atom is 0.292 e. The van der Waals surface area contributed by atoms with Gasteiger partial charge in [0.05, 0.1) is 12.1 Å². The number of aliphatic imine (C=N–C) groups is 1. The number of nitrogens with two attached hydrogens (primary N) is 1. The van der Waals surface area contributed by atoms with Crippen molar-refractivity contribution in [2.75, 3.05) is 21.0 Å². The fourth-order valence-corrected chi connectivity index (χ4v) is 4.11. The summed E-state index contributed by atoms with van der Waals surface area (Å²) in [6.07, 6.45) is 0. The molecule has 8 heteroatoms. The van der Waals surface area contributed by atoms with Gasteiger partial charge in [-0.05, 0) is 17.7 Å². The number of nitriles is 2. The standard InChI is InChI=1S/C16H14N4O4/c1-21-16(22-2)15(7-18)12(14(15,6-17)13(19)20-16)9-3-4-10-11(5-9)24-8-23-10/h3-5,12H,8H2,1-2H3,(H2,19,20)/t12-,14+,15+/m0/s1. The van der Waals surface area contributed by atoms with Gasteiger partial charge < -0.3 is 24.7 Å². The molecule has 4 rings (SSSR count). The van der Waals surface area contributed by atoms with E-state index in [0.717, 1.165) is 5.56 Å². The Balaban J connectivity index is 1.91. The molecule has 2 heterocycles. The smallest absolute Gasteiger partial charge is 0.292 e. The van der Waals surface area contributed by atoms with Gasteiger partial charge in [-0.1, -0.05) is 6.07 Å². The summed E-state index contributed by atoms with van der Waals surface area (Å²) in [5, 5.41) is 19.8. The molecular formula is C16H14N4O4. The normalized spacial score (nSPS) is 34.0. The molecule has 0 aromatic heterocycles. The highest BCUT2D eigenvalue weighted by Gasteiger charge is 2.93. The van der Waals surface area contributed by atoms with Crippen molar-refractivity contribution >= 4 is 5.84 Å². The summed E-state index contributed by atoms with van der Waals surface area (Å²) >= 11 is 0.